The molecule has 0 bridgehead atoms. The summed E-state index contributed by atoms with van der Waals surface area (Å²) in [6.07, 6.45) is 0.648. The zero-order valence-electron chi connectivity index (χ0n) is 20.0. The lowest BCUT2D eigenvalue weighted by Gasteiger charge is -2.30. The van der Waals surface area contributed by atoms with Crippen LogP contribution in [0.1, 0.15) is 23.6 Å². The van der Waals surface area contributed by atoms with Crippen LogP contribution in [-0.4, -0.2) is 55.0 Å². The SMILES string of the molecule is COc1cc2c(cc1OC)CN(C(=O)CN1C(=O)N[C@@](C)(c3cccc4ccccc34)C1=O)CC2. The molecular formula is C27H27N3O5. The van der Waals surface area contributed by atoms with Crippen molar-refractivity contribution in [2.24, 2.45) is 0 Å². The first-order chi connectivity index (χ1) is 16.9. The maximum absolute atomic E-state index is 13.5. The molecule has 0 radical (unpaired) electrons. The number of fused-ring (bicyclic) bond motifs is 2. The van der Waals surface area contributed by atoms with Crippen molar-refractivity contribution in [2.45, 2.75) is 25.4 Å². The lowest BCUT2D eigenvalue weighted by molar-refractivity contribution is -0.139. The fraction of sp³-hybridized carbons (Fsp3) is 0.296. The quantitative estimate of drug-likeness (QED) is 0.575. The number of hydrogen-bond donors (Lipinski definition) is 1. The zero-order chi connectivity index (χ0) is 24.7. The summed E-state index contributed by atoms with van der Waals surface area (Å²) in [6, 6.07) is 16.6. The van der Waals surface area contributed by atoms with Crippen LogP contribution < -0.4 is 14.8 Å². The van der Waals surface area contributed by atoms with Crippen molar-refractivity contribution in [3.8, 4) is 11.5 Å². The van der Waals surface area contributed by atoms with Gasteiger partial charge in [-0.25, -0.2) is 4.79 Å². The van der Waals surface area contributed by atoms with Gasteiger partial charge in [0.25, 0.3) is 5.91 Å². The van der Waals surface area contributed by atoms with Crippen molar-refractivity contribution in [1.82, 2.24) is 15.1 Å². The average Bonchev–Trinajstić information content (AvgIpc) is 3.10. The predicted molar refractivity (Wildman–Crippen MR) is 130 cm³/mol. The number of methoxy groups -OCH3 is 2. The van der Waals surface area contributed by atoms with Crippen LogP contribution in [0.25, 0.3) is 10.8 Å². The van der Waals surface area contributed by atoms with Crippen LogP contribution in [0, 0.1) is 0 Å². The van der Waals surface area contributed by atoms with Gasteiger partial charge in [-0.3, -0.25) is 14.5 Å². The minimum absolute atomic E-state index is 0.281. The molecule has 180 valence electrons. The van der Waals surface area contributed by atoms with E-state index in [0.29, 0.717) is 36.6 Å². The number of amides is 4. The molecule has 5 rings (SSSR count). The summed E-state index contributed by atoms with van der Waals surface area (Å²) >= 11 is 0. The predicted octanol–water partition coefficient (Wildman–Crippen LogP) is 3.21. The summed E-state index contributed by atoms with van der Waals surface area (Å²) in [5, 5.41) is 4.69. The lowest BCUT2D eigenvalue weighted by Crippen LogP contribution is -2.45. The van der Waals surface area contributed by atoms with Gasteiger partial charge in [-0.2, -0.15) is 0 Å². The number of nitrogens with zero attached hydrogens (tertiary/aromatic N) is 2. The Labute approximate surface area is 203 Å². The summed E-state index contributed by atoms with van der Waals surface area (Å²) in [6.45, 7) is 2.24. The molecule has 35 heavy (non-hydrogen) atoms. The third-order valence-electron chi connectivity index (χ3n) is 6.97. The van der Waals surface area contributed by atoms with E-state index >= 15 is 0 Å². The Morgan fingerprint density at radius 2 is 1.69 bits per heavy atom. The minimum Gasteiger partial charge on any atom is -0.493 e. The van der Waals surface area contributed by atoms with Crippen molar-refractivity contribution in [2.75, 3.05) is 27.3 Å². The van der Waals surface area contributed by atoms with Crippen LogP contribution in [0.2, 0.25) is 0 Å². The Kier molecular flexibility index (Phi) is 5.59. The molecular weight excluding hydrogens is 446 g/mol. The van der Waals surface area contributed by atoms with E-state index in [0.717, 1.165) is 26.8 Å². The van der Waals surface area contributed by atoms with Gasteiger partial charge in [0.15, 0.2) is 11.5 Å². The van der Waals surface area contributed by atoms with Gasteiger partial charge in [0.2, 0.25) is 5.91 Å². The molecule has 0 aliphatic carbocycles. The van der Waals surface area contributed by atoms with E-state index in [4.69, 9.17) is 9.47 Å². The third-order valence-corrected chi connectivity index (χ3v) is 6.97. The highest BCUT2D eigenvalue weighted by Crippen LogP contribution is 2.35. The maximum atomic E-state index is 13.5. The Morgan fingerprint density at radius 3 is 2.43 bits per heavy atom. The van der Waals surface area contributed by atoms with E-state index in [1.165, 1.54) is 0 Å². The van der Waals surface area contributed by atoms with E-state index in [1.807, 2.05) is 54.6 Å². The van der Waals surface area contributed by atoms with Crippen LogP contribution in [0.5, 0.6) is 11.5 Å². The standard InChI is InChI=1S/C27H27N3O5/c1-27(21-10-6-8-17-7-4-5-9-20(17)21)25(32)30(26(33)28-27)16-24(31)29-12-11-18-13-22(34-2)23(35-3)14-19(18)15-29/h4-10,13-14H,11-12,15-16H2,1-3H3,(H,28,33)/t27-/m0/s1. The number of carbonyl (C=O) groups excluding carboxylic acids is 3. The summed E-state index contributed by atoms with van der Waals surface area (Å²) < 4.78 is 10.8. The van der Waals surface area contributed by atoms with Crippen molar-refractivity contribution < 1.29 is 23.9 Å². The fourth-order valence-corrected chi connectivity index (χ4v) is 5.02. The molecule has 1 saturated heterocycles. The van der Waals surface area contributed by atoms with Gasteiger partial charge >= 0.3 is 6.03 Å². The second-order valence-corrected chi connectivity index (χ2v) is 9.01. The number of imide groups is 1. The van der Waals surface area contributed by atoms with Crippen molar-refractivity contribution in [3.05, 3.63) is 71.3 Å². The number of nitrogens with one attached hydrogen (secondary N) is 1. The largest absolute Gasteiger partial charge is 0.493 e. The summed E-state index contributed by atoms with van der Waals surface area (Å²) in [5.74, 6) is 0.533. The van der Waals surface area contributed by atoms with E-state index < -0.39 is 17.5 Å². The van der Waals surface area contributed by atoms with E-state index in [1.54, 1.807) is 26.0 Å². The van der Waals surface area contributed by atoms with Crippen molar-refractivity contribution >= 4 is 28.6 Å². The molecule has 0 saturated carbocycles. The topological polar surface area (TPSA) is 88.2 Å². The number of rotatable bonds is 5. The number of benzene rings is 3. The van der Waals surface area contributed by atoms with Crippen LogP contribution in [-0.2, 0) is 28.1 Å². The van der Waals surface area contributed by atoms with E-state index in [2.05, 4.69) is 5.32 Å². The second-order valence-electron chi connectivity index (χ2n) is 9.01. The number of carbonyl (C=O) groups is 3. The molecule has 1 N–H and O–H groups in total. The van der Waals surface area contributed by atoms with Crippen LogP contribution in [0.3, 0.4) is 0 Å². The van der Waals surface area contributed by atoms with Crippen LogP contribution in [0.15, 0.2) is 54.6 Å². The molecule has 4 amide bonds. The third kappa shape index (κ3) is 3.75. The molecule has 8 heteroatoms. The van der Waals surface area contributed by atoms with Gasteiger partial charge in [0, 0.05) is 13.1 Å². The van der Waals surface area contributed by atoms with E-state index in [9.17, 15) is 14.4 Å². The highest BCUT2D eigenvalue weighted by molar-refractivity contribution is 6.10. The monoisotopic (exact) mass is 473 g/mol. The molecule has 1 atom stereocenters. The average molecular weight is 474 g/mol. The Morgan fingerprint density at radius 1 is 1.00 bits per heavy atom. The van der Waals surface area contributed by atoms with Crippen LogP contribution >= 0.6 is 0 Å². The molecule has 0 aromatic heterocycles. The summed E-state index contributed by atoms with van der Waals surface area (Å²) in [7, 11) is 3.16. The smallest absolute Gasteiger partial charge is 0.325 e. The Bertz CT molecular complexity index is 1350. The first-order valence-electron chi connectivity index (χ1n) is 11.5. The molecule has 2 aliphatic rings. The molecule has 2 heterocycles. The van der Waals surface area contributed by atoms with Gasteiger partial charge in [-0.15, -0.1) is 0 Å². The lowest BCUT2D eigenvalue weighted by atomic mass is 9.88. The van der Waals surface area contributed by atoms with Crippen LogP contribution in [0.4, 0.5) is 4.79 Å². The van der Waals surface area contributed by atoms with Gasteiger partial charge in [0.1, 0.15) is 12.1 Å². The first kappa shape index (κ1) is 22.7. The Hall–Kier alpha value is -4.07. The van der Waals surface area contributed by atoms with E-state index in [-0.39, 0.29) is 12.5 Å². The normalized spacial score (nSPS) is 19.5. The molecule has 0 spiro atoms. The molecule has 8 nitrogen and oxygen atoms in total. The zero-order valence-corrected chi connectivity index (χ0v) is 20.0. The highest BCUT2D eigenvalue weighted by Gasteiger charge is 2.50. The molecule has 0 unspecified atom stereocenters. The maximum Gasteiger partial charge on any atom is 0.325 e. The molecule has 3 aromatic carbocycles. The van der Waals surface area contributed by atoms with Gasteiger partial charge in [0.05, 0.1) is 14.2 Å². The minimum atomic E-state index is -1.25. The molecule has 1 fully saturated rings. The summed E-state index contributed by atoms with van der Waals surface area (Å²) in [5.41, 5.74) is 1.50. The van der Waals surface area contributed by atoms with Gasteiger partial charge < -0.3 is 19.7 Å². The number of ether oxygens (including phenoxy) is 2. The molecule has 3 aromatic rings. The fourth-order valence-electron chi connectivity index (χ4n) is 5.02. The Balaban J connectivity index is 1.36. The second kappa shape index (κ2) is 8.61. The van der Waals surface area contributed by atoms with Crippen molar-refractivity contribution in [3.63, 3.8) is 0 Å². The molecule has 2 aliphatic heterocycles. The first-order valence-corrected chi connectivity index (χ1v) is 11.5. The number of urea groups is 1. The van der Waals surface area contributed by atoms with Crippen molar-refractivity contribution in [1.29, 1.82) is 0 Å². The highest BCUT2D eigenvalue weighted by atomic mass is 16.5. The van der Waals surface area contributed by atoms with Gasteiger partial charge in [-0.1, -0.05) is 42.5 Å². The summed E-state index contributed by atoms with van der Waals surface area (Å²) in [4.78, 5) is 42.2. The van der Waals surface area contributed by atoms with Gasteiger partial charge in [-0.05, 0) is 52.9 Å². The number of hydrogen-bond acceptors (Lipinski definition) is 5.